The number of anilines is 1. The molecule has 0 unspecified atom stereocenters. The van der Waals surface area contributed by atoms with Crippen LogP contribution in [0.4, 0.5) is 5.69 Å². The highest BCUT2D eigenvalue weighted by atomic mass is 16.5. The topological polar surface area (TPSA) is 53.3 Å². The van der Waals surface area contributed by atoms with E-state index in [1.807, 2.05) is 24.3 Å². The lowest BCUT2D eigenvalue weighted by molar-refractivity contribution is -0.124. The molecule has 0 saturated carbocycles. The molecule has 0 aliphatic carbocycles. The highest BCUT2D eigenvalue weighted by molar-refractivity contribution is 5.98. The van der Waals surface area contributed by atoms with Gasteiger partial charge in [0.2, 0.25) is 0 Å². The fourth-order valence-corrected chi connectivity index (χ4v) is 2.69. The maximum atomic E-state index is 12.6. The first-order chi connectivity index (χ1) is 10.7. The standard InChI is InChI=1S/C18H16N2O2/c1-13(22-17-9-5-3-7-15(17)12-19)18(21)20-11-10-14-6-2-4-8-16(14)20/h2-9,13H,10-11H2,1H3/t13-/m0/s1. The first-order valence-corrected chi connectivity index (χ1v) is 7.26. The molecule has 2 aromatic rings. The number of amides is 1. The number of hydrogen-bond donors (Lipinski definition) is 0. The minimum absolute atomic E-state index is 0.0855. The van der Waals surface area contributed by atoms with Crippen molar-refractivity contribution >= 4 is 11.6 Å². The molecular formula is C18H16N2O2. The Morgan fingerprint density at radius 2 is 1.95 bits per heavy atom. The van der Waals surface area contributed by atoms with Gasteiger partial charge in [-0.15, -0.1) is 0 Å². The van der Waals surface area contributed by atoms with Crippen molar-refractivity contribution in [2.75, 3.05) is 11.4 Å². The monoisotopic (exact) mass is 292 g/mol. The number of carbonyl (C=O) groups excluding carboxylic acids is 1. The van der Waals surface area contributed by atoms with E-state index in [4.69, 9.17) is 10.00 Å². The van der Waals surface area contributed by atoms with Crippen molar-refractivity contribution in [1.29, 1.82) is 5.26 Å². The second-order valence-corrected chi connectivity index (χ2v) is 5.24. The molecule has 110 valence electrons. The van der Waals surface area contributed by atoms with E-state index in [9.17, 15) is 4.79 Å². The summed E-state index contributed by atoms with van der Waals surface area (Å²) in [6, 6.07) is 16.9. The number of fused-ring (bicyclic) bond motifs is 1. The summed E-state index contributed by atoms with van der Waals surface area (Å²) in [6.07, 6.45) is 0.226. The molecule has 0 aromatic heterocycles. The van der Waals surface area contributed by atoms with Gasteiger partial charge in [-0.3, -0.25) is 4.79 Å². The predicted molar refractivity (Wildman–Crippen MR) is 83.7 cm³/mol. The molecule has 0 spiro atoms. The molecule has 0 N–H and O–H groups in total. The highest BCUT2D eigenvalue weighted by Crippen LogP contribution is 2.28. The maximum absolute atomic E-state index is 12.6. The van der Waals surface area contributed by atoms with Crippen LogP contribution in [0.3, 0.4) is 0 Å². The number of nitriles is 1. The summed E-state index contributed by atoms with van der Waals surface area (Å²) in [6.45, 7) is 2.39. The molecule has 0 radical (unpaired) electrons. The Bertz CT molecular complexity index is 749. The Balaban J connectivity index is 1.78. The Morgan fingerprint density at radius 1 is 1.23 bits per heavy atom. The third-order valence-corrected chi connectivity index (χ3v) is 3.81. The Labute approximate surface area is 129 Å². The molecule has 4 heteroatoms. The van der Waals surface area contributed by atoms with Gasteiger partial charge in [-0.1, -0.05) is 30.3 Å². The van der Waals surface area contributed by atoms with Crippen molar-refractivity contribution < 1.29 is 9.53 Å². The molecule has 0 saturated heterocycles. The molecule has 1 heterocycles. The van der Waals surface area contributed by atoms with E-state index in [-0.39, 0.29) is 5.91 Å². The zero-order valence-electron chi connectivity index (χ0n) is 12.3. The largest absolute Gasteiger partial charge is 0.479 e. The Morgan fingerprint density at radius 3 is 2.77 bits per heavy atom. The normalized spacial score (nSPS) is 14.1. The van der Waals surface area contributed by atoms with Crippen LogP contribution < -0.4 is 9.64 Å². The molecule has 1 atom stereocenters. The lowest BCUT2D eigenvalue weighted by atomic mass is 10.2. The molecule has 22 heavy (non-hydrogen) atoms. The molecule has 1 aliphatic rings. The quantitative estimate of drug-likeness (QED) is 0.874. The van der Waals surface area contributed by atoms with Crippen molar-refractivity contribution in [3.05, 3.63) is 59.7 Å². The fraction of sp³-hybridized carbons (Fsp3) is 0.222. The predicted octanol–water partition coefficient (Wildman–Crippen LogP) is 2.91. The number of carbonyl (C=O) groups is 1. The van der Waals surface area contributed by atoms with Gasteiger partial charge in [-0.2, -0.15) is 5.26 Å². The van der Waals surface area contributed by atoms with Crippen LogP contribution >= 0.6 is 0 Å². The number of nitrogens with zero attached hydrogens (tertiary/aromatic N) is 2. The van der Waals surface area contributed by atoms with E-state index < -0.39 is 6.10 Å². The van der Waals surface area contributed by atoms with Crippen LogP contribution in [-0.2, 0) is 11.2 Å². The van der Waals surface area contributed by atoms with E-state index in [0.29, 0.717) is 17.9 Å². The average molecular weight is 292 g/mol. The first kappa shape index (κ1) is 14.2. The van der Waals surface area contributed by atoms with Crippen LogP contribution in [0.5, 0.6) is 5.75 Å². The number of hydrogen-bond acceptors (Lipinski definition) is 3. The van der Waals surface area contributed by atoms with E-state index in [2.05, 4.69) is 6.07 Å². The van der Waals surface area contributed by atoms with E-state index in [1.165, 1.54) is 5.56 Å². The van der Waals surface area contributed by atoms with Gasteiger partial charge >= 0.3 is 0 Å². The zero-order chi connectivity index (χ0) is 15.5. The Kier molecular flexibility index (Phi) is 3.80. The second-order valence-electron chi connectivity index (χ2n) is 5.24. The van der Waals surface area contributed by atoms with Crippen LogP contribution in [-0.4, -0.2) is 18.6 Å². The molecule has 2 aromatic carbocycles. The summed E-state index contributed by atoms with van der Waals surface area (Å²) < 4.78 is 5.71. The second kappa shape index (κ2) is 5.90. The number of para-hydroxylation sites is 2. The van der Waals surface area contributed by atoms with Gasteiger partial charge in [0, 0.05) is 12.2 Å². The van der Waals surface area contributed by atoms with Gasteiger partial charge in [0.25, 0.3) is 5.91 Å². The van der Waals surface area contributed by atoms with Gasteiger partial charge in [0.15, 0.2) is 6.10 Å². The fourth-order valence-electron chi connectivity index (χ4n) is 2.69. The van der Waals surface area contributed by atoms with Crippen LogP contribution in [0.25, 0.3) is 0 Å². The lowest BCUT2D eigenvalue weighted by Crippen LogP contribution is -2.39. The number of benzene rings is 2. The van der Waals surface area contributed by atoms with E-state index in [0.717, 1.165) is 12.1 Å². The van der Waals surface area contributed by atoms with Crippen molar-refractivity contribution in [1.82, 2.24) is 0 Å². The van der Waals surface area contributed by atoms with Gasteiger partial charge in [0.05, 0.1) is 5.56 Å². The van der Waals surface area contributed by atoms with Gasteiger partial charge in [0.1, 0.15) is 11.8 Å². The molecular weight excluding hydrogens is 276 g/mol. The smallest absolute Gasteiger partial charge is 0.267 e. The molecule has 0 fully saturated rings. The van der Waals surface area contributed by atoms with E-state index in [1.54, 1.807) is 36.1 Å². The third-order valence-electron chi connectivity index (χ3n) is 3.81. The van der Waals surface area contributed by atoms with Crippen molar-refractivity contribution in [2.24, 2.45) is 0 Å². The summed E-state index contributed by atoms with van der Waals surface area (Å²) in [5.41, 5.74) is 2.57. The number of rotatable bonds is 3. The third kappa shape index (κ3) is 2.53. The van der Waals surface area contributed by atoms with Crippen LogP contribution in [0.2, 0.25) is 0 Å². The minimum Gasteiger partial charge on any atom is -0.479 e. The van der Waals surface area contributed by atoms with Crippen molar-refractivity contribution in [3.8, 4) is 11.8 Å². The van der Waals surface area contributed by atoms with Crippen LogP contribution in [0.15, 0.2) is 48.5 Å². The van der Waals surface area contributed by atoms with Crippen LogP contribution in [0, 0.1) is 11.3 Å². The van der Waals surface area contributed by atoms with Gasteiger partial charge < -0.3 is 9.64 Å². The van der Waals surface area contributed by atoms with Crippen molar-refractivity contribution in [3.63, 3.8) is 0 Å². The summed E-state index contributed by atoms with van der Waals surface area (Å²) in [7, 11) is 0. The molecule has 3 rings (SSSR count). The summed E-state index contributed by atoms with van der Waals surface area (Å²) >= 11 is 0. The minimum atomic E-state index is -0.638. The van der Waals surface area contributed by atoms with Gasteiger partial charge in [-0.05, 0) is 37.1 Å². The maximum Gasteiger partial charge on any atom is 0.267 e. The summed E-state index contributed by atoms with van der Waals surface area (Å²) in [5.74, 6) is 0.357. The number of ether oxygens (including phenoxy) is 1. The van der Waals surface area contributed by atoms with Crippen LogP contribution in [0.1, 0.15) is 18.1 Å². The summed E-state index contributed by atoms with van der Waals surface area (Å²) in [4.78, 5) is 14.4. The molecule has 0 bridgehead atoms. The first-order valence-electron chi connectivity index (χ1n) is 7.26. The lowest BCUT2D eigenvalue weighted by Gasteiger charge is -2.22. The highest BCUT2D eigenvalue weighted by Gasteiger charge is 2.29. The van der Waals surface area contributed by atoms with E-state index >= 15 is 0 Å². The van der Waals surface area contributed by atoms with Crippen molar-refractivity contribution in [2.45, 2.75) is 19.4 Å². The molecule has 1 amide bonds. The molecule has 4 nitrogen and oxygen atoms in total. The SMILES string of the molecule is C[C@H](Oc1ccccc1C#N)C(=O)N1CCc2ccccc21. The molecule has 1 aliphatic heterocycles. The summed E-state index contributed by atoms with van der Waals surface area (Å²) in [5, 5.41) is 9.09. The average Bonchev–Trinajstić information content (AvgIpc) is 2.98. The van der Waals surface area contributed by atoms with Gasteiger partial charge in [-0.25, -0.2) is 0 Å². The Hall–Kier alpha value is -2.80. The zero-order valence-corrected chi connectivity index (χ0v) is 12.3.